The third kappa shape index (κ3) is 3.52. The molecule has 5 aromatic rings. The van der Waals surface area contributed by atoms with E-state index in [4.69, 9.17) is 4.98 Å². The molecule has 0 atom stereocenters. The predicted octanol–water partition coefficient (Wildman–Crippen LogP) is 5.07. The second-order valence-corrected chi connectivity index (χ2v) is 10.4. The third-order valence-corrected chi connectivity index (χ3v) is 8.16. The normalized spacial score (nSPS) is 14.7. The number of nitrogens with zero attached hydrogens (tertiary/aromatic N) is 3. The van der Waals surface area contributed by atoms with Crippen LogP contribution in [0.2, 0.25) is 0 Å². The molecule has 0 spiro atoms. The molecule has 3 aromatic carbocycles. The minimum atomic E-state index is -3.54. The summed E-state index contributed by atoms with van der Waals surface area (Å²) in [7, 11) is -3.54. The summed E-state index contributed by atoms with van der Waals surface area (Å²) in [5.74, 6) is 0.677. The third-order valence-electron chi connectivity index (χ3n) is 6.27. The van der Waals surface area contributed by atoms with Crippen molar-refractivity contribution in [3.63, 3.8) is 0 Å². The van der Waals surface area contributed by atoms with Gasteiger partial charge in [0, 0.05) is 24.2 Å². The average molecular weight is 470 g/mol. The van der Waals surface area contributed by atoms with Gasteiger partial charge in [-0.3, -0.25) is 5.10 Å². The van der Waals surface area contributed by atoms with Crippen LogP contribution in [-0.2, 0) is 10.0 Å². The monoisotopic (exact) mass is 469 g/mol. The number of fused-ring (bicyclic) bond motifs is 1. The molecule has 1 fully saturated rings. The van der Waals surface area contributed by atoms with E-state index in [1.807, 2.05) is 60.7 Å². The number of aromatic amines is 2. The number of nitrogens with one attached hydrogen (secondary N) is 2. The van der Waals surface area contributed by atoms with Gasteiger partial charge in [0.15, 0.2) is 0 Å². The quantitative estimate of drug-likeness (QED) is 0.376. The van der Waals surface area contributed by atoms with Crippen molar-refractivity contribution in [1.29, 1.82) is 0 Å². The first-order valence-corrected chi connectivity index (χ1v) is 12.7. The van der Waals surface area contributed by atoms with Crippen LogP contribution in [0.4, 0.5) is 0 Å². The maximum atomic E-state index is 13.2. The van der Waals surface area contributed by atoms with Crippen LogP contribution in [0.25, 0.3) is 44.9 Å². The fourth-order valence-corrected chi connectivity index (χ4v) is 6.11. The van der Waals surface area contributed by atoms with Crippen molar-refractivity contribution in [1.82, 2.24) is 24.5 Å². The van der Waals surface area contributed by atoms with Crippen LogP contribution in [0.3, 0.4) is 0 Å². The Labute approximate surface area is 197 Å². The van der Waals surface area contributed by atoms with E-state index in [-0.39, 0.29) is 4.90 Å². The van der Waals surface area contributed by atoms with E-state index < -0.39 is 10.0 Å². The highest BCUT2D eigenvalue weighted by Crippen LogP contribution is 2.38. The Morgan fingerprint density at radius 2 is 1.56 bits per heavy atom. The molecular weight excluding hydrogens is 446 g/mol. The molecule has 2 N–H and O–H groups in total. The van der Waals surface area contributed by atoms with E-state index >= 15 is 0 Å². The summed E-state index contributed by atoms with van der Waals surface area (Å²) in [6.45, 7) is 1.13. The average Bonchev–Trinajstić information content (AvgIpc) is 3.64. The van der Waals surface area contributed by atoms with Crippen LogP contribution in [0, 0.1) is 0 Å². The Hall–Kier alpha value is -3.75. The van der Waals surface area contributed by atoms with Crippen LogP contribution in [0.1, 0.15) is 12.8 Å². The molecule has 170 valence electrons. The van der Waals surface area contributed by atoms with Gasteiger partial charge in [0.2, 0.25) is 10.0 Å². The van der Waals surface area contributed by atoms with Gasteiger partial charge in [0.25, 0.3) is 0 Å². The molecule has 0 radical (unpaired) electrons. The van der Waals surface area contributed by atoms with Crippen molar-refractivity contribution < 1.29 is 8.42 Å². The number of imidazole rings is 1. The van der Waals surface area contributed by atoms with Gasteiger partial charge in [-0.05, 0) is 37.1 Å². The molecule has 7 nitrogen and oxygen atoms in total. The molecule has 1 saturated heterocycles. The molecule has 3 heterocycles. The van der Waals surface area contributed by atoms with Gasteiger partial charge in [0.1, 0.15) is 11.5 Å². The first-order valence-electron chi connectivity index (χ1n) is 11.3. The number of benzene rings is 3. The van der Waals surface area contributed by atoms with E-state index in [0.29, 0.717) is 30.2 Å². The second-order valence-electron chi connectivity index (χ2n) is 8.43. The van der Waals surface area contributed by atoms with Gasteiger partial charge < -0.3 is 4.98 Å². The summed E-state index contributed by atoms with van der Waals surface area (Å²) in [6.07, 6.45) is 1.80. The summed E-state index contributed by atoms with van der Waals surface area (Å²) < 4.78 is 28.0. The molecule has 0 amide bonds. The number of sulfonamides is 1. The van der Waals surface area contributed by atoms with E-state index in [9.17, 15) is 8.42 Å². The molecule has 1 aliphatic rings. The molecule has 1 aliphatic heterocycles. The molecule has 0 bridgehead atoms. The summed E-state index contributed by atoms with van der Waals surface area (Å²) in [4.78, 5) is 8.51. The fraction of sp³-hybridized carbons (Fsp3) is 0.154. The summed E-state index contributed by atoms with van der Waals surface area (Å²) in [6, 6.07) is 24.8. The predicted molar refractivity (Wildman–Crippen MR) is 133 cm³/mol. The molecule has 0 unspecified atom stereocenters. The van der Waals surface area contributed by atoms with Crippen molar-refractivity contribution in [2.24, 2.45) is 0 Å². The number of aromatic nitrogens is 4. The van der Waals surface area contributed by atoms with Crippen molar-refractivity contribution in [2.45, 2.75) is 17.7 Å². The SMILES string of the molecule is O=S(=O)(c1cccc(-c2n[nH]c(-c3ccccc3)c2-c2nc3ccccc3[nH]2)c1)N1CCCC1. The van der Waals surface area contributed by atoms with Gasteiger partial charge in [-0.2, -0.15) is 9.40 Å². The number of para-hydroxylation sites is 2. The number of hydrogen-bond donors (Lipinski definition) is 2. The van der Waals surface area contributed by atoms with Crippen LogP contribution >= 0.6 is 0 Å². The zero-order chi connectivity index (χ0) is 23.1. The molecule has 2 aromatic heterocycles. The lowest BCUT2D eigenvalue weighted by atomic mass is 10.0. The highest BCUT2D eigenvalue weighted by molar-refractivity contribution is 7.89. The lowest BCUT2D eigenvalue weighted by molar-refractivity contribution is 0.477. The molecule has 8 heteroatoms. The second kappa shape index (κ2) is 8.23. The van der Waals surface area contributed by atoms with E-state index in [1.165, 1.54) is 0 Å². The van der Waals surface area contributed by atoms with E-state index in [2.05, 4.69) is 15.2 Å². The topological polar surface area (TPSA) is 94.7 Å². The Balaban J connectivity index is 1.53. The van der Waals surface area contributed by atoms with Crippen molar-refractivity contribution in [3.05, 3.63) is 78.9 Å². The molecule has 0 saturated carbocycles. The summed E-state index contributed by atoms with van der Waals surface area (Å²) in [5.41, 5.74) is 5.74. The maximum Gasteiger partial charge on any atom is 0.243 e. The standard InChI is InChI=1S/C26H23N5O2S/c32-34(33,31-15-6-7-16-31)20-12-8-11-19(17-20)25-23(24(29-30-25)18-9-2-1-3-10-18)26-27-21-13-4-5-14-22(21)28-26/h1-5,8-14,17H,6-7,15-16H2,(H,27,28)(H,29,30). The van der Waals surface area contributed by atoms with Crippen LogP contribution in [-0.4, -0.2) is 46.0 Å². The number of rotatable bonds is 5. The van der Waals surface area contributed by atoms with Crippen LogP contribution in [0.5, 0.6) is 0 Å². The van der Waals surface area contributed by atoms with Gasteiger partial charge in [-0.15, -0.1) is 0 Å². The molecule has 6 rings (SSSR count). The molecule has 34 heavy (non-hydrogen) atoms. The van der Waals surface area contributed by atoms with E-state index in [0.717, 1.165) is 40.7 Å². The minimum absolute atomic E-state index is 0.284. The van der Waals surface area contributed by atoms with Gasteiger partial charge in [-0.1, -0.05) is 54.6 Å². The van der Waals surface area contributed by atoms with Crippen molar-refractivity contribution >= 4 is 21.1 Å². The minimum Gasteiger partial charge on any atom is -0.338 e. The maximum absolute atomic E-state index is 13.2. The Morgan fingerprint density at radius 1 is 0.824 bits per heavy atom. The zero-order valence-corrected chi connectivity index (χ0v) is 19.2. The van der Waals surface area contributed by atoms with Crippen molar-refractivity contribution in [3.8, 4) is 33.9 Å². The Morgan fingerprint density at radius 3 is 2.35 bits per heavy atom. The zero-order valence-electron chi connectivity index (χ0n) is 18.4. The van der Waals surface area contributed by atoms with Crippen molar-refractivity contribution in [2.75, 3.05) is 13.1 Å². The number of hydrogen-bond acceptors (Lipinski definition) is 4. The van der Waals surface area contributed by atoms with Gasteiger partial charge >= 0.3 is 0 Å². The highest BCUT2D eigenvalue weighted by Gasteiger charge is 2.28. The lowest BCUT2D eigenvalue weighted by Gasteiger charge is -2.16. The smallest absolute Gasteiger partial charge is 0.243 e. The fourth-order valence-electron chi connectivity index (χ4n) is 4.55. The number of H-pyrrole nitrogens is 2. The van der Waals surface area contributed by atoms with Crippen LogP contribution in [0.15, 0.2) is 83.8 Å². The first-order chi connectivity index (χ1) is 16.6. The molecular formula is C26H23N5O2S. The first kappa shape index (κ1) is 20.8. The largest absolute Gasteiger partial charge is 0.338 e. The summed E-state index contributed by atoms with van der Waals surface area (Å²) in [5, 5.41) is 7.81. The Kier molecular flexibility index (Phi) is 5.04. The van der Waals surface area contributed by atoms with E-state index in [1.54, 1.807) is 22.5 Å². The Bertz CT molecular complexity index is 1550. The lowest BCUT2D eigenvalue weighted by Crippen LogP contribution is -2.27. The highest BCUT2D eigenvalue weighted by atomic mass is 32.2. The van der Waals surface area contributed by atoms with Crippen LogP contribution < -0.4 is 0 Å². The van der Waals surface area contributed by atoms with Gasteiger partial charge in [0.05, 0.1) is 27.2 Å². The van der Waals surface area contributed by atoms with Gasteiger partial charge in [-0.25, -0.2) is 13.4 Å². The molecule has 0 aliphatic carbocycles. The summed E-state index contributed by atoms with van der Waals surface area (Å²) >= 11 is 0.